The molecule has 0 aromatic carbocycles. The molecule has 6 nitrogen and oxygen atoms in total. The lowest BCUT2D eigenvalue weighted by Crippen LogP contribution is -2.27. The van der Waals surface area contributed by atoms with E-state index in [4.69, 9.17) is 4.52 Å². The maximum atomic E-state index is 9.21. The highest BCUT2D eigenvalue weighted by molar-refractivity contribution is 5.55. The van der Waals surface area contributed by atoms with Gasteiger partial charge in [-0.3, -0.25) is 4.99 Å². The Morgan fingerprint density at radius 3 is 3.14 bits per heavy atom. The third-order valence-electron chi connectivity index (χ3n) is 2.05. The zero-order valence-electron chi connectivity index (χ0n) is 7.84. The minimum atomic E-state index is -0.687. The van der Waals surface area contributed by atoms with Gasteiger partial charge in [-0.05, 0) is 6.92 Å². The molecule has 0 bridgehead atoms. The predicted molar refractivity (Wildman–Crippen MR) is 49.0 cm³/mol. The number of aliphatic hydroxyl groups is 1. The number of hydrogen-bond donors (Lipinski definition) is 2. The molecular weight excluding hydrogens is 184 g/mol. The highest BCUT2D eigenvalue weighted by Crippen LogP contribution is 2.16. The van der Waals surface area contributed by atoms with Gasteiger partial charge in [0, 0.05) is 6.54 Å². The third-order valence-corrected chi connectivity index (χ3v) is 2.05. The predicted octanol–water partition coefficient (Wildman–Crippen LogP) is -0.162. The van der Waals surface area contributed by atoms with Gasteiger partial charge in [0.25, 0.3) is 0 Å². The van der Waals surface area contributed by atoms with Crippen molar-refractivity contribution in [3.63, 3.8) is 0 Å². The maximum absolute atomic E-state index is 9.21. The molecule has 0 saturated heterocycles. The Morgan fingerprint density at radius 1 is 1.71 bits per heavy atom. The van der Waals surface area contributed by atoms with Crippen LogP contribution in [0.2, 0.25) is 0 Å². The monoisotopic (exact) mass is 196 g/mol. The first-order valence-corrected chi connectivity index (χ1v) is 4.50. The van der Waals surface area contributed by atoms with Crippen molar-refractivity contribution in [2.45, 2.75) is 18.9 Å². The van der Waals surface area contributed by atoms with Crippen molar-refractivity contribution < 1.29 is 9.63 Å². The molecule has 1 aliphatic rings. The highest BCUT2D eigenvalue weighted by atomic mass is 16.5. The summed E-state index contributed by atoms with van der Waals surface area (Å²) in [6.07, 6.45) is 0.982. The molecule has 0 spiro atoms. The van der Waals surface area contributed by atoms with Crippen LogP contribution in [0.25, 0.3) is 0 Å². The van der Waals surface area contributed by atoms with Crippen molar-refractivity contribution in [2.75, 3.05) is 13.1 Å². The van der Waals surface area contributed by atoms with E-state index in [2.05, 4.69) is 20.4 Å². The molecule has 0 fully saturated rings. The van der Waals surface area contributed by atoms with Crippen LogP contribution in [0.1, 0.15) is 30.7 Å². The average Bonchev–Trinajstić information content (AvgIpc) is 2.68. The van der Waals surface area contributed by atoms with Crippen LogP contribution < -0.4 is 5.32 Å². The molecule has 1 aromatic rings. The van der Waals surface area contributed by atoms with Crippen LogP contribution in [0.5, 0.6) is 0 Å². The van der Waals surface area contributed by atoms with E-state index in [0.29, 0.717) is 18.3 Å². The molecule has 0 aliphatic carbocycles. The summed E-state index contributed by atoms with van der Waals surface area (Å²) in [5, 5.41) is 15.9. The summed E-state index contributed by atoms with van der Waals surface area (Å²) in [6, 6.07) is 0. The fourth-order valence-corrected chi connectivity index (χ4v) is 1.25. The summed E-state index contributed by atoms with van der Waals surface area (Å²) in [5.41, 5.74) is 0. The standard InChI is InChI=1S/C8H12N4O2/c1-5(13)7-11-8(14-12-7)6-2-9-4-10-3-6/h4-6,13H,2-3H2,1H3,(H,9,10). The van der Waals surface area contributed by atoms with E-state index < -0.39 is 6.10 Å². The lowest BCUT2D eigenvalue weighted by atomic mass is 10.1. The second-order valence-corrected chi connectivity index (χ2v) is 3.27. The Morgan fingerprint density at radius 2 is 2.57 bits per heavy atom. The highest BCUT2D eigenvalue weighted by Gasteiger charge is 2.21. The number of aliphatic hydroxyl groups excluding tert-OH is 1. The lowest BCUT2D eigenvalue weighted by molar-refractivity contribution is 0.184. The normalized spacial score (nSPS) is 23.1. The molecule has 2 N–H and O–H groups in total. The maximum Gasteiger partial charge on any atom is 0.233 e. The van der Waals surface area contributed by atoms with Crippen molar-refractivity contribution >= 4 is 6.34 Å². The summed E-state index contributed by atoms with van der Waals surface area (Å²) in [7, 11) is 0. The average molecular weight is 196 g/mol. The SMILES string of the molecule is CC(O)c1noc(C2CN=CNC2)n1. The summed E-state index contributed by atoms with van der Waals surface area (Å²) in [6.45, 7) is 2.99. The molecule has 2 rings (SSSR count). The van der Waals surface area contributed by atoms with E-state index in [-0.39, 0.29) is 5.92 Å². The van der Waals surface area contributed by atoms with Crippen LogP contribution in [-0.2, 0) is 0 Å². The Bertz CT molecular complexity index is 334. The fraction of sp³-hybridized carbons (Fsp3) is 0.625. The smallest absolute Gasteiger partial charge is 0.233 e. The van der Waals surface area contributed by atoms with Gasteiger partial charge < -0.3 is 14.9 Å². The quantitative estimate of drug-likeness (QED) is 0.686. The second-order valence-electron chi connectivity index (χ2n) is 3.27. The van der Waals surface area contributed by atoms with Crippen LogP contribution >= 0.6 is 0 Å². The van der Waals surface area contributed by atoms with Gasteiger partial charge in [-0.15, -0.1) is 0 Å². The molecule has 14 heavy (non-hydrogen) atoms. The van der Waals surface area contributed by atoms with Crippen LogP contribution in [-0.4, -0.2) is 34.7 Å². The fourth-order valence-electron chi connectivity index (χ4n) is 1.25. The van der Waals surface area contributed by atoms with Crippen LogP contribution in [0, 0.1) is 0 Å². The Labute approximate surface area is 81.0 Å². The Kier molecular flexibility index (Phi) is 2.45. The van der Waals surface area contributed by atoms with Gasteiger partial charge in [0.1, 0.15) is 6.10 Å². The summed E-state index contributed by atoms with van der Waals surface area (Å²) >= 11 is 0. The number of hydrogen-bond acceptors (Lipinski definition) is 6. The molecule has 2 heterocycles. The minimum absolute atomic E-state index is 0.111. The number of nitrogens with one attached hydrogen (secondary N) is 1. The van der Waals surface area contributed by atoms with E-state index >= 15 is 0 Å². The van der Waals surface area contributed by atoms with Gasteiger partial charge in [-0.1, -0.05) is 5.16 Å². The van der Waals surface area contributed by atoms with E-state index in [1.165, 1.54) is 0 Å². The van der Waals surface area contributed by atoms with E-state index in [9.17, 15) is 5.11 Å². The zero-order chi connectivity index (χ0) is 9.97. The van der Waals surface area contributed by atoms with Crippen LogP contribution in [0.15, 0.2) is 9.52 Å². The Balaban J connectivity index is 2.12. The van der Waals surface area contributed by atoms with Crippen molar-refractivity contribution in [2.24, 2.45) is 4.99 Å². The van der Waals surface area contributed by atoms with Gasteiger partial charge in [-0.2, -0.15) is 4.98 Å². The molecule has 0 radical (unpaired) electrons. The molecule has 2 atom stereocenters. The van der Waals surface area contributed by atoms with Crippen molar-refractivity contribution in [1.29, 1.82) is 0 Å². The molecule has 76 valence electrons. The minimum Gasteiger partial charge on any atom is -0.385 e. The molecule has 0 amide bonds. The van der Waals surface area contributed by atoms with Crippen molar-refractivity contribution in [3.05, 3.63) is 11.7 Å². The first kappa shape index (κ1) is 9.14. The molecule has 0 saturated carbocycles. The molecular formula is C8H12N4O2. The molecule has 6 heteroatoms. The van der Waals surface area contributed by atoms with E-state index in [1.807, 2.05) is 0 Å². The topological polar surface area (TPSA) is 83.5 Å². The third kappa shape index (κ3) is 1.74. The first-order chi connectivity index (χ1) is 6.77. The van der Waals surface area contributed by atoms with Gasteiger partial charge >= 0.3 is 0 Å². The van der Waals surface area contributed by atoms with Gasteiger partial charge in [-0.25, -0.2) is 0 Å². The number of nitrogens with zero attached hydrogens (tertiary/aromatic N) is 3. The summed E-state index contributed by atoms with van der Waals surface area (Å²) < 4.78 is 5.03. The summed E-state index contributed by atoms with van der Waals surface area (Å²) in [5.74, 6) is 0.972. The van der Waals surface area contributed by atoms with Crippen LogP contribution in [0.3, 0.4) is 0 Å². The van der Waals surface area contributed by atoms with E-state index in [1.54, 1.807) is 13.3 Å². The summed E-state index contributed by atoms with van der Waals surface area (Å²) in [4.78, 5) is 8.15. The lowest BCUT2D eigenvalue weighted by Gasteiger charge is -2.13. The molecule has 2 unspecified atom stereocenters. The second kappa shape index (κ2) is 3.75. The largest absolute Gasteiger partial charge is 0.385 e. The van der Waals surface area contributed by atoms with Crippen molar-refractivity contribution in [1.82, 2.24) is 15.5 Å². The van der Waals surface area contributed by atoms with Crippen LogP contribution in [0.4, 0.5) is 0 Å². The molecule has 1 aromatic heterocycles. The van der Waals surface area contributed by atoms with E-state index in [0.717, 1.165) is 6.54 Å². The number of aromatic nitrogens is 2. The van der Waals surface area contributed by atoms with Crippen molar-refractivity contribution in [3.8, 4) is 0 Å². The number of aliphatic imine (C=N–C) groups is 1. The first-order valence-electron chi connectivity index (χ1n) is 4.50. The van der Waals surface area contributed by atoms with Gasteiger partial charge in [0.2, 0.25) is 5.89 Å². The molecule has 1 aliphatic heterocycles. The zero-order valence-corrected chi connectivity index (χ0v) is 7.84. The Hall–Kier alpha value is -1.43. The number of rotatable bonds is 2. The van der Waals surface area contributed by atoms with Gasteiger partial charge in [0.05, 0.1) is 18.8 Å². The van der Waals surface area contributed by atoms with Gasteiger partial charge in [0.15, 0.2) is 5.82 Å².